The van der Waals surface area contributed by atoms with Gasteiger partial charge in [-0.05, 0) is 56.2 Å². The Balaban J connectivity index is 1.57. The highest BCUT2D eigenvalue weighted by Gasteiger charge is 2.09. The Morgan fingerprint density at radius 2 is 1.83 bits per heavy atom. The standard InChI is InChI=1S/C23H24FN3O2/c1-16(2)29-21-10-6-5-9-20(21)27-22-12-11-18(15-26-22)23(28)25-14-13-17-7-3-4-8-19(17)24/h3-12,15-16H,13-14H2,1-2H3,(H,25,28)(H,26,27). The second-order valence-electron chi connectivity index (χ2n) is 6.82. The lowest BCUT2D eigenvalue weighted by Gasteiger charge is -2.15. The van der Waals surface area contributed by atoms with Crippen molar-refractivity contribution in [2.75, 3.05) is 11.9 Å². The van der Waals surface area contributed by atoms with E-state index in [4.69, 9.17) is 4.74 Å². The van der Waals surface area contributed by atoms with Gasteiger partial charge in [0.15, 0.2) is 0 Å². The quantitative estimate of drug-likeness (QED) is 0.581. The SMILES string of the molecule is CC(C)Oc1ccccc1Nc1ccc(C(=O)NCCc2ccccc2F)cn1. The third-order valence-corrected chi connectivity index (χ3v) is 4.18. The van der Waals surface area contributed by atoms with Gasteiger partial charge in [0, 0.05) is 12.7 Å². The van der Waals surface area contributed by atoms with E-state index in [0.717, 1.165) is 11.4 Å². The number of pyridine rings is 1. The van der Waals surface area contributed by atoms with Crippen molar-refractivity contribution < 1.29 is 13.9 Å². The van der Waals surface area contributed by atoms with Crippen LogP contribution in [-0.4, -0.2) is 23.5 Å². The Hall–Kier alpha value is -3.41. The number of amides is 1. The number of carbonyl (C=O) groups is 1. The highest BCUT2D eigenvalue weighted by atomic mass is 19.1. The molecule has 0 bridgehead atoms. The van der Waals surface area contributed by atoms with Gasteiger partial charge in [-0.15, -0.1) is 0 Å². The Morgan fingerprint density at radius 1 is 1.07 bits per heavy atom. The molecule has 0 atom stereocenters. The van der Waals surface area contributed by atoms with Crippen LogP contribution in [0.5, 0.6) is 5.75 Å². The second kappa shape index (κ2) is 9.68. The fourth-order valence-electron chi connectivity index (χ4n) is 2.78. The Kier molecular flexibility index (Phi) is 6.79. The fraction of sp³-hybridized carbons (Fsp3) is 0.217. The summed E-state index contributed by atoms with van der Waals surface area (Å²) in [5.74, 6) is 0.830. The van der Waals surface area contributed by atoms with E-state index in [1.54, 1.807) is 30.3 Å². The van der Waals surface area contributed by atoms with Gasteiger partial charge in [0.25, 0.3) is 5.91 Å². The molecule has 29 heavy (non-hydrogen) atoms. The zero-order valence-corrected chi connectivity index (χ0v) is 16.5. The minimum atomic E-state index is -0.263. The normalized spacial score (nSPS) is 10.6. The molecule has 0 saturated carbocycles. The molecule has 5 nitrogen and oxygen atoms in total. The minimum absolute atomic E-state index is 0.0568. The maximum absolute atomic E-state index is 13.6. The number of rotatable bonds is 8. The molecule has 0 spiro atoms. The summed E-state index contributed by atoms with van der Waals surface area (Å²) in [6.07, 6.45) is 1.99. The summed E-state index contributed by atoms with van der Waals surface area (Å²) in [4.78, 5) is 16.6. The van der Waals surface area contributed by atoms with E-state index in [2.05, 4.69) is 15.6 Å². The molecule has 3 aromatic rings. The van der Waals surface area contributed by atoms with Crippen molar-refractivity contribution in [1.82, 2.24) is 10.3 Å². The van der Waals surface area contributed by atoms with E-state index in [1.807, 2.05) is 38.1 Å². The highest BCUT2D eigenvalue weighted by Crippen LogP contribution is 2.27. The van der Waals surface area contributed by atoms with Crippen molar-refractivity contribution in [1.29, 1.82) is 0 Å². The molecule has 0 unspecified atom stereocenters. The van der Waals surface area contributed by atoms with E-state index in [9.17, 15) is 9.18 Å². The van der Waals surface area contributed by atoms with Crippen LogP contribution in [-0.2, 0) is 6.42 Å². The third kappa shape index (κ3) is 5.78. The molecule has 0 aliphatic rings. The molecule has 150 valence electrons. The summed E-state index contributed by atoms with van der Waals surface area (Å²) in [6, 6.07) is 17.6. The summed E-state index contributed by atoms with van der Waals surface area (Å²) in [6.45, 7) is 4.28. The molecule has 0 saturated heterocycles. The Labute approximate surface area is 169 Å². The molecule has 1 aromatic heterocycles. The smallest absolute Gasteiger partial charge is 0.252 e. The predicted molar refractivity (Wildman–Crippen MR) is 112 cm³/mol. The molecule has 0 fully saturated rings. The predicted octanol–water partition coefficient (Wildman–Crippen LogP) is 4.72. The summed E-state index contributed by atoms with van der Waals surface area (Å²) in [7, 11) is 0. The van der Waals surface area contributed by atoms with Crippen LogP contribution in [0.4, 0.5) is 15.9 Å². The monoisotopic (exact) mass is 393 g/mol. The average Bonchev–Trinajstić information content (AvgIpc) is 2.71. The first-order valence-corrected chi connectivity index (χ1v) is 9.53. The number of hydrogen-bond donors (Lipinski definition) is 2. The van der Waals surface area contributed by atoms with Gasteiger partial charge in [-0.1, -0.05) is 30.3 Å². The van der Waals surface area contributed by atoms with E-state index in [-0.39, 0.29) is 17.8 Å². The van der Waals surface area contributed by atoms with Crippen LogP contribution >= 0.6 is 0 Å². The summed E-state index contributed by atoms with van der Waals surface area (Å²) in [5, 5.41) is 5.99. The number of hydrogen-bond acceptors (Lipinski definition) is 4. The first-order chi connectivity index (χ1) is 14.0. The van der Waals surface area contributed by atoms with E-state index >= 15 is 0 Å². The highest BCUT2D eigenvalue weighted by molar-refractivity contribution is 5.94. The van der Waals surface area contributed by atoms with Crippen molar-refractivity contribution in [2.45, 2.75) is 26.4 Å². The van der Waals surface area contributed by atoms with Crippen LogP contribution in [0.15, 0.2) is 66.9 Å². The van der Waals surface area contributed by atoms with Crippen LogP contribution < -0.4 is 15.4 Å². The van der Waals surface area contributed by atoms with Gasteiger partial charge in [0.05, 0.1) is 17.4 Å². The molecule has 6 heteroatoms. The molecular weight excluding hydrogens is 369 g/mol. The maximum atomic E-state index is 13.6. The Bertz CT molecular complexity index is 958. The Morgan fingerprint density at radius 3 is 2.55 bits per heavy atom. The van der Waals surface area contributed by atoms with E-state index in [0.29, 0.717) is 29.9 Å². The second-order valence-corrected chi connectivity index (χ2v) is 6.82. The topological polar surface area (TPSA) is 63.2 Å². The van der Waals surface area contributed by atoms with Gasteiger partial charge >= 0.3 is 0 Å². The fourth-order valence-corrected chi connectivity index (χ4v) is 2.78. The molecule has 0 radical (unpaired) electrons. The van der Waals surface area contributed by atoms with Gasteiger partial charge < -0.3 is 15.4 Å². The first-order valence-electron chi connectivity index (χ1n) is 9.53. The van der Waals surface area contributed by atoms with Crippen molar-refractivity contribution in [3.8, 4) is 5.75 Å². The molecule has 2 aromatic carbocycles. The van der Waals surface area contributed by atoms with E-state index in [1.165, 1.54) is 12.3 Å². The van der Waals surface area contributed by atoms with Crippen molar-refractivity contribution in [3.63, 3.8) is 0 Å². The van der Waals surface area contributed by atoms with Crippen LogP contribution in [0.25, 0.3) is 0 Å². The number of anilines is 2. The van der Waals surface area contributed by atoms with Gasteiger partial charge in [-0.2, -0.15) is 0 Å². The summed E-state index contributed by atoms with van der Waals surface area (Å²) >= 11 is 0. The molecular formula is C23H24FN3O2. The van der Waals surface area contributed by atoms with E-state index < -0.39 is 0 Å². The van der Waals surface area contributed by atoms with Crippen LogP contribution in [0.3, 0.4) is 0 Å². The van der Waals surface area contributed by atoms with Gasteiger partial charge in [-0.25, -0.2) is 9.37 Å². The van der Waals surface area contributed by atoms with Crippen molar-refractivity contribution in [3.05, 3.63) is 83.8 Å². The number of nitrogens with zero attached hydrogens (tertiary/aromatic N) is 1. The van der Waals surface area contributed by atoms with Crippen molar-refractivity contribution >= 4 is 17.4 Å². The molecule has 0 aliphatic heterocycles. The maximum Gasteiger partial charge on any atom is 0.252 e. The lowest BCUT2D eigenvalue weighted by molar-refractivity contribution is 0.0953. The summed E-state index contributed by atoms with van der Waals surface area (Å²) < 4.78 is 19.4. The van der Waals surface area contributed by atoms with Gasteiger partial charge in [-0.3, -0.25) is 4.79 Å². The largest absolute Gasteiger partial charge is 0.489 e. The number of aromatic nitrogens is 1. The first kappa shape index (κ1) is 20.3. The number of carbonyl (C=O) groups excluding carboxylic acids is 1. The summed E-state index contributed by atoms with van der Waals surface area (Å²) in [5.41, 5.74) is 1.82. The number of benzene rings is 2. The zero-order chi connectivity index (χ0) is 20.6. The van der Waals surface area contributed by atoms with Crippen LogP contribution in [0.2, 0.25) is 0 Å². The average molecular weight is 393 g/mol. The van der Waals surface area contributed by atoms with Crippen molar-refractivity contribution in [2.24, 2.45) is 0 Å². The van der Waals surface area contributed by atoms with Gasteiger partial charge in [0.1, 0.15) is 17.4 Å². The zero-order valence-electron chi connectivity index (χ0n) is 16.5. The molecule has 2 N–H and O–H groups in total. The third-order valence-electron chi connectivity index (χ3n) is 4.18. The van der Waals surface area contributed by atoms with Gasteiger partial charge in [0.2, 0.25) is 0 Å². The molecule has 3 rings (SSSR count). The number of nitrogens with one attached hydrogen (secondary N) is 2. The minimum Gasteiger partial charge on any atom is -0.489 e. The lowest BCUT2D eigenvalue weighted by Crippen LogP contribution is -2.26. The number of ether oxygens (including phenoxy) is 1. The van der Waals surface area contributed by atoms with Crippen LogP contribution in [0, 0.1) is 5.82 Å². The molecule has 1 heterocycles. The van der Waals surface area contributed by atoms with Crippen LogP contribution in [0.1, 0.15) is 29.8 Å². The number of para-hydroxylation sites is 2. The lowest BCUT2D eigenvalue weighted by atomic mass is 10.1. The number of halogens is 1. The molecule has 1 amide bonds. The molecule has 0 aliphatic carbocycles.